The number of carboxylic acid groups (broad SMARTS) is 1. The van der Waals surface area contributed by atoms with Crippen LogP contribution in [-0.2, 0) is 4.79 Å². The fourth-order valence-corrected chi connectivity index (χ4v) is 1.23. The Kier molecular flexibility index (Phi) is 7.65. The zero-order valence-corrected chi connectivity index (χ0v) is 8.52. The zero-order valence-electron chi connectivity index (χ0n) is 8.52. The highest BCUT2D eigenvalue weighted by molar-refractivity contribution is 5.73. The van der Waals surface area contributed by atoms with Crippen molar-refractivity contribution < 1.29 is 9.90 Å². The number of nitrogens with zero attached hydrogens (tertiary/aromatic N) is 3. The van der Waals surface area contributed by atoms with Crippen LogP contribution in [0, 0.1) is 0 Å². The van der Waals surface area contributed by atoms with Gasteiger partial charge in [0.1, 0.15) is 6.04 Å². The number of azide groups is 1. The van der Waals surface area contributed by atoms with E-state index in [9.17, 15) is 4.79 Å². The first-order valence-electron chi connectivity index (χ1n) is 4.99. The first-order chi connectivity index (χ1) is 6.72. The van der Waals surface area contributed by atoms with E-state index >= 15 is 0 Å². The predicted molar refractivity (Wildman–Crippen MR) is 53.9 cm³/mol. The molecule has 0 fully saturated rings. The highest BCUT2D eigenvalue weighted by atomic mass is 16.4. The van der Waals surface area contributed by atoms with Crippen LogP contribution in [-0.4, -0.2) is 17.1 Å². The summed E-state index contributed by atoms with van der Waals surface area (Å²) in [7, 11) is 0. The van der Waals surface area contributed by atoms with Gasteiger partial charge >= 0.3 is 5.97 Å². The molecule has 1 unspecified atom stereocenters. The molecule has 14 heavy (non-hydrogen) atoms. The van der Waals surface area contributed by atoms with E-state index in [1.807, 2.05) is 0 Å². The van der Waals surface area contributed by atoms with Crippen molar-refractivity contribution in [3.63, 3.8) is 0 Å². The first kappa shape index (κ1) is 12.8. The summed E-state index contributed by atoms with van der Waals surface area (Å²) in [6.07, 6.45) is 5.74. The van der Waals surface area contributed by atoms with Crippen LogP contribution in [0.5, 0.6) is 0 Å². The average Bonchev–Trinajstić information content (AvgIpc) is 2.15. The number of carbonyl (C=O) groups is 1. The van der Waals surface area contributed by atoms with Crippen molar-refractivity contribution in [2.75, 3.05) is 0 Å². The quantitative estimate of drug-likeness (QED) is 0.282. The van der Waals surface area contributed by atoms with Gasteiger partial charge in [0.05, 0.1) is 0 Å². The molecule has 80 valence electrons. The Balaban J connectivity index is 3.61. The Hall–Kier alpha value is -1.22. The molecule has 0 aromatic rings. The molecule has 0 saturated heterocycles. The molecule has 0 spiro atoms. The van der Waals surface area contributed by atoms with E-state index in [-0.39, 0.29) is 0 Å². The molecule has 1 atom stereocenters. The van der Waals surface area contributed by atoms with Gasteiger partial charge < -0.3 is 5.11 Å². The summed E-state index contributed by atoms with van der Waals surface area (Å²) in [5.74, 6) is -1.03. The smallest absolute Gasteiger partial charge is 0.312 e. The highest BCUT2D eigenvalue weighted by Gasteiger charge is 2.13. The maximum Gasteiger partial charge on any atom is 0.312 e. The molecule has 0 amide bonds. The van der Waals surface area contributed by atoms with Crippen molar-refractivity contribution in [3.05, 3.63) is 10.4 Å². The molecule has 0 heterocycles. The second-order valence-corrected chi connectivity index (χ2v) is 3.26. The summed E-state index contributed by atoms with van der Waals surface area (Å²) in [6, 6.07) is -0.887. The summed E-state index contributed by atoms with van der Waals surface area (Å²) in [6.45, 7) is 2.13. The van der Waals surface area contributed by atoms with Crippen LogP contribution in [0.25, 0.3) is 10.4 Å². The molecule has 0 saturated carbocycles. The first-order valence-corrected chi connectivity index (χ1v) is 4.99. The molecule has 0 aromatic heterocycles. The van der Waals surface area contributed by atoms with E-state index in [2.05, 4.69) is 16.9 Å². The second-order valence-electron chi connectivity index (χ2n) is 3.26. The molecular formula is C9H17N3O2. The SMILES string of the molecule is CCCCCCCC(N=[N+]=[N-])C(=O)O. The minimum atomic E-state index is -1.03. The fraction of sp³-hybridized carbons (Fsp3) is 0.889. The minimum absolute atomic E-state index is 0.448. The van der Waals surface area contributed by atoms with Crippen molar-refractivity contribution in [2.45, 2.75) is 51.5 Å². The molecule has 5 nitrogen and oxygen atoms in total. The number of rotatable bonds is 8. The van der Waals surface area contributed by atoms with Crippen LogP contribution in [0.2, 0.25) is 0 Å². The van der Waals surface area contributed by atoms with E-state index < -0.39 is 12.0 Å². The summed E-state index contributed by atoms with van der Waals surface area (Å²) >= 11 is 0. The van der Waals surface area contributed by atoms with Gasteiger partial charge in [0.25, 0.3) is 0 Å². The van der Waals surface area contributed by atoms with Gasteiger partial charge in [-0.25, -0.2) is 0 Å². The Bertz CT molecular complexity index is 210. The summed E-state index contributed by atoms with van der Waals surface area (Å²) < 4.78 is 0. The zero-order chi connectivity index (χ0) is 10.8. The van der Waals surface area contributed by atoms with Gasteiger partial charge in [0.15, 0.2) is 0 Å². The van der Waals surface area contributed by atoms with Crippen LogP contribution in [0.15, 0.2) is 5.11 Å². The van der Waals surface area contributed by atoms with E-state index in [1.54, 1.807) is 0 Å². The number of unbranched alkanes of at least 4 members (excludes halogenated alkanes) is 4. The van der Waals surface area contributed by atoms with Crippen LogP contribution in [0.1, 0.15) is 45.4 Å². The third-order valence-electron chi connectivity index (χ3n) is 2.06. The number of carboxylic acids is 1. The van der Waals surface area contributed by atoms with Crippen molar-refractivity contribution in [1.29, 1.82) is 0 Å². The lowest BCUT2D eigenvalue weighted by atomic mass is 10.1. The third kappa shape index (κ3) is 6.31. The molecule has 0 aliphatic rings. The van der Waals surface area contributed by atoms with Crippen molar-refractivity contribution in [3.8, 4) is 0 Å². The normalized spacial score (nSPS) is 11.8. The maximum absolute atomic E-state index is 10.5. The maximum atomic E-state index is 10.5. The number of aliphatic carboxylic acids is 1. The van der Waals surface area contributed by atoms with E-state index in [0.29, 0.717) is 6.42 Å². The molecule has 0 radical (unpaired) electrons. The molecule has 5 heteroatoms. The molecule has 1 N–H and O–H groups in total. The van der Waals surface area contributed by atoms with Crippen LogP contribution in [0.3, 0.4) is 0 Å². The topological polar surface area (TPSA) is 86.1 Å². The molecule has 0 aliphatic carbocycles. The molecule has 0 aromatic carbocycles. The highest BCUT2D eigenvalue weighted by Crippen LogP contribution is 2.09. The van der Waals surface area contributed by atoms with Gasteiger partial charge in [0, 0.05) is 4.91 Å². The summed E-state index contributed by atoms with van der Waals surface area (Å²) in [5, 5.41) is 11.9. The molecule has 0 aliphatic heterocycles. The van der Waals surface area contributed by atoms with Gasteiger partial charge in [-0.05, 0) is 12.0 Å². The van der Waals surface area contributed by atoms with Gasteiger partial charge in [-0.2, -0.15) is 0 Å². The van der Waals surface area contributed by atoms with Gasteiger partial charge in [-0.3, -0.25) is 4.79 Å². The van der Waals surface area contributed by atoms with Crippen LogP contribution in [0.4, 0.5) is 0 Å². The Morgan fingerprint density at radius 2 is 2.07 bits per heavy atom. The number of hydrogen-bond acceptors (Lipinski definition) is 2. The van der Waals surface area contributed by atoms with Crippen LogP contribution < -0.4 is 0 Å². The third-order valence-corrected chi connectivity index (χ3v) is 2.06. The Morgan fingerprint density at radius 3 is 2.57 bits per heavy atom. The average molecular weight is 199 g/mol. The Morgan fingerprint density at radius 1 is 1.43 bits per heavy atom. The standard InChI is InChI=1S/C9H17N3O2/c1-2-3-4-5-6-7-8(9(13)14)11-12-10/h8H,2-7H2,1H3,(H,13,14). The van der Waals surface area contributed by atoms with Crippen molar-refractivity contribution in [1.82, 2.24) is 0 Å². The lowest BCUT2D eigenvalue weighted by Gasteiger charge is -2.04. The van der Waals surface area contributed by atoms with E-state index in [0.717, 1.165) is 19.3 Å². The summed E-state index contributed by atoms with van der Waals surface area (Å²) in [4.78, 5) is 13.1. The Labute approximate surface area is 83.7 Å². The predicted octanol–water partition coefficient (Wildman–Crippen LogP) is 3.11. The monoisotopic (exact) mass is 199 g/mol. The van der Waals surface area contributed by atoms with E-state index in [4.69, 9.17) is 10.6 Å². The second kappa shape index (κ2) is 8.38. The van der Waals surface area contributed by atoms with Crippen molar-refractivity contribution >= 4 is 5.97 Å². The summed E-state index contributed by atoms with van der Waals surface area (Å²) in [5.41, 5.74) is 8.12. The van der Waals surface area contributed by atoms with Crippen LogP contribution >= 0.6 is 0 Å². The fourth-order valence-electron chi connectivity index (χ4n) is 1.23. The molecular weight excluding hydrogens is 182 g/mol. The lowest BCUT2D eigenvalue weighted by molar-refractivity contribution is -0.138. The lowest BCUT2D eigenvalue weighted by Crippen LogP contribution is -2.16. The number of hydrogen-bond donors (Lipinski definition) is 1. The molecule has 0 rings (SSSR count). The van der Waals surface area contributed by atoms with E-state index in [1.165, 1.54) is 12.8 Å². The van der Waals surface area contributed by atoms with Gasteiger partial charge in [-0.15, -0.1) is 0 Å². The minimum Gasteiger partial charge on any atom is -0.481 e. The van der Waals surface area contributed by atoms with Gasteiger partial charge in [-0.1, -0.05) is 44.1 Å². The molecule has 0 bridgehead atoms. The van der Waals surface area contributed by atoms with Crippen molar-refractivity contribution in [2.24, 2.45) is 5.11 Å². The van der Waals surface area contributed by atoms with Gasteiger partial charge in [0.2, 0.25) is 0 Å². The largest absolute Gasteiger partial charge is 0.481 e.